The highest BCUT2D eigenvalue weighted by Crippen LogP contribution is 2.28. The standard InChI is InChI=1S/C31H28FN5O3/c32-27-3-1-2-4-29(27)40-30-8-6-23(17-35-30)36-31(39)26-18-34-28-7-5-21(14-25(26)28)22-13-20(15-33-16-22)19-37-11-9-24(38)10-12-37/h1-8,13-18,24,34,38H,9-12,19H2,(H,36,39). The number of anilines is 1. The normalized spacial score (nSPS) is 14.3. The fourth-order valence-electron chi connectivity index (χ4n) is 4.91. The molecular weight excluding hydrogens is 509 g/mol. The van der Waals surface area contributed by atoms with Crippen molar-refractivity contribution in [1.29, 1.82) is 0 Å². The molecule has 1 saturated heterocycles. The number of aliphatic hydroxyl groups excluding tert-OH is 1. The van der Waals surface area contributed by atoms with Crippen molar-refractivity contribution in [1.82, 2.24) is 19.9 Å². The highest BCUT2D eigenvalue weighted by Gasteiger charge is 2.18. The number of amides is 1. The predicted octanol–water partition coefficient (Wildman–Crippen LogP) is 5.77. The van der Waals surface area contributed by atoms with Gasteiger partial charge in [-0.1, -0.05) is 18.2 Å². The highest BCUT2D eigenvalue weighted by molar-refractivity contribution is 6.13. The van der Waals surface area contributed by atoms with Crippen LogP contribution in [0.4, 0.5) is 10.1 Å². The SMILES string of the molecule is O=C(Nc1ccc(Oc2ccccc2F)nc1)c1c[nH]c2ccc(-c3cncc(CN4CCC(O)CC4)c3)cc12. The third kappa shape index (κ3) is 5.70. The summed E-state index contributed by atoms with van der Waals surface area (Å²) in [6.45, 7) is 2.53. The van der Waals surface area contributed by atoms with Crippen molar-refractivity contribution in [2.75, 3.05) is 18.4 Å². The number of piperidine rings is 1. The lowest BCUT2D eigenvalue weighted by Crippen LogP contribution is -2.35. The number of hydrogen-bond donors (Lipinski definition) is 3. The summed E-state index contributed by atoms with van der Waals surface area (Å²) in [5, 5.41) is 13.4. The molecule has 1 amide bonds. The number of aliphatic hydroxyl groups is 1. The lowest BCUT2D eigenvalue weighted by molar-refractivity contribution is 0.0792. The van der Waals surface area contributed by atoms with Gasteiger partial charge in [-0.3, -0.25) is 14.7 Å². The van der Waals surface area contributed by atoms with Gasteiger partial charge in [-0.2, -0.15) is 0 Å². The van der Waals surface area contributed by atoms with Crippen LogP contribution in [0.25, 0.3) is 22.0 Å². The van der Waals surface area contributed by atoms with Gasteiger partial charge in [0, 0.05) is 60.8 Å². The molecular formula is C31H28FN5O3. The lowest BCUT2D eigenvalue weighted by Gasteiger charge is -2.29. The van der Waals surface area contributed by atoms with Gasteiger partial charge < -0.3 is 20.1 Å². The van der Waals surface area contributed by atoms with Gasteiger partial charge in [-0.15, -0.1) is 0 Å². The number of nitrogens with one attached hydrogen (secondary N) is 2. The van der Waals surface area contributed by atoms with E-state index in [1.54, 1.807) is 30.5 Å². The van der Waals surface area contributed by atoms with Gasteiger partial charge in [0.1, 0.15) is 0 Å². The Labute approximate surface area is 230 Å². The molecule has 202 valence electrons. The minimum Gasteiger partial charge on any atom is -0.436 e. The van der Waals surface area contributed by atoms with E-state index in [2.05, 4.69) is 31.2 Å². The third-order valence-electron chi connectivity index (χ3n) is 7.06. The summed E-state index contributed by atoms with van der Waals surface area (Å²) in [5.74, 6) is -0.472. The van der Waals surface area contributed by atoms with Gasteiger partial charge in [0.2, 0.25) is 5.88 Å². The molecule has 6 rings (SSSR count). The summed E-state index contributed by atoms with van der Waals surface area (Å²) >= 11 is 0. The quantitative estimate of drug-likeness (QED) is 0.244. The largest absolute Gasteiger partial charge is 0.436 e. The molecule has 3 N–H and O–H groups in total. The molecule has 2 aromatic carbocycles. The van der Waals surface area contributed by atoms with Gasteiger partial charge in [0.15, 0.2) is 11.6 Å². The summed E-state index contributed by atoms with van der Waals surface area (Å²) in [5.41, 5.74) is 4.87. The van der Waals surface area contributed by atoms with Crippen LogP contribution in [0, 0.1) is 5.82 Å². The zero-order valence-electron chi connectivity index (χ0n) is 21.7. The fourth-order valence-corrected chi connectivity index (χ4v) is 4.91. The van der Waals surface area contributed by atoms with Gasteiger partial charge in [-0.05, 0) is 60.4 Å². The number of aromatic amines is 1. The van der Waals surface area contributed by atoms with Crippen molar-refractivity contribution in [2.24, 2.45) is 0 Å². The van der Waals surface area contributed by atoms with Crippen LogP contribution in [0.5, 0.6) is 11.6 Å². The molecule has 1 fully saturated rings. The van der Waals surface area contributed by atoms with Gasteiger partial charge in [0.25, 0.3) is 5.91 Å². The number of hydrogen-bond acceptors (Lipinski definition) is 6. The fraction of sp³-hybridized carbons (Fsp3) is 0.194. The summed E-state index contributed by atoms with van der Waals surface area (Å²) in [6.07, 6.45) is 8.25. The first kappa shape index (κ1) is 25.7. The first-order chi connectivity index (χ1) is 19.5. The molecule has 0 aliphatic carbocycles. The topological polar surface area (TPSA) is 103 Å². The number of halogens is 1. The molecule has 0 saturated carbocycles. The van der Waals surface area contributed by atoms with E-state index in [4.69, 9.17) is 4.74 Å². The molecule has 0 radical (unpaired) electrons. The van der Waals surface area contributed by atoms with Crippen LogP contribution in [0.15, 0.2) is 85.5 Å². The first-order valence-corrected chi connectivity index (χ1v) is 13.2. The van der Waals surface area contributed by atoms with Crippen molar-refractivity contribution in [3.63, 3.8) is 0 Å². The second-order valence-electron chi connectivity index (χ2n) is 9.92. The minimum absolute atomic E-state index is 0.0773. The Morgan fingerprint density at radius 1 is 1.05 bits per heavy atom. The summed E-state index contributed by atoms with van der Waals surface area (Å²) in [7, 11) is 0. The number of para-hydroxylation sites is 1. The molecule has 4 heterocycles. The van der Waals surface area contributed by atoms with Crippen LogP contribution in [0.3, 0.4) is 0 Å². The molecule has 8 nitrogen and oxygen atoms in total. The smallest absolute Gasteiger partial charge is 0.257 e. The average molecular weight is 538 g/mol. The summed E-state index contributed by atoms with van der Waals surface area (Å²) in [6, 6.07) is 17.4. The van der Waals surface area contributed by atoms with Crippen LogP contribution in [-0.2, 0) is 6.54 Å². The zero-order chi connectivity index (χ0) is 27.5. The number of ether oxygens (including phenoxy) is 1. The predicted molar refractivity (Wildman–Crippen MR) is 151 cm³/mol. The molecule has 1 aliphatic rings. The Morgan fingerprint density at radius 3 is 2.70 bits per heavy atom. The average Bonchev–Trinajstić information content (AvgIpc) is 3.40. The Bertz CT molecular complexity index is 1640. The van der Waals surface area contributed by atoms with Gasteiger partial charge in [0.05, 0.1) is 23.6 Å². The second kappa shape index (κ2) is 11.3. The van der Waals surface area contributed by atoms with E-state index < -0.39 is 5.82 Å². The Morgan fingerprint density at radius 2 is 1.90 bits per heavy atom. The Balaban J connectivity index is 1.17. The monoisotopic (exact) mass is 537 g/mol. The van der Waals surface area contributed by atoms with E-state index in [1.807, 2.05) is 30.6 Å². The van der Waals surface area contributed by atoms with E-state index in [0.29, 0.717) is 11.3 Å². The molecule has 0 spiro atoms. The van der Waals surface area contributed by atoms with E-state index in [0.717, 1.165) is 60.1 Å². The van der Waals surface area contributed by atoms with E-state index >= 15 is 0 Å². The summed E-state index contributed by atoms with van der Waals surface area (Å²) in [4.78, 5) is 27.3. The first-order valence-electron chi connectivity index (χ1n) is 13.2. The van der Waals surface area contributed by atoms with Crippen LogP contribution >= 0.6 is 0 Å². The number of likely N-dealkylation sites (tertiary alicyclic amines) is 1. The molecule has 5 aromatic rings. The van der Waals surface area contributed by atoms with Gasteiger partial charge in [-0.25, -0.2) is 9.37 Å². The maximum absolute atomic E-state index is 13.8. The Kier molecular flexibility index (Phi) is 7.22. The van der Waals surface area contributed by atoms with E-state index in [9.17, 15) is 14.3 Å². The minimum atomic E-state index is -0.481. The number of fused-ring (bicyclic) bond motifs is 1. The van der Waals surface area contributed by atoms with Crippen LogP contribution in [0.2, 0.25) is 0 Å². The molecule has 9 heteroatoms. The number of carbonyl (C=O) groups excluding carboxylic acids is 1. The van der Waals surface area contributed by atoms with Crippen molar-refractivity contribution in [2.45, 2.75) is 25.5 Å². The number of benzene rings is 2. The molecule has 40 heavy (non-hydrogen) atoms. The number of nitrogens with zero attached hydrogens (tertiary/aromatic N) is 3. The summed E-state index contributed by atoms with van der Waals surface area (Å²) < 4.78 is 19.3. The van der Waals surface area contributed by atoms with E-state index in [-0.39, 0.29) is 23.6 Å². The number of carbonyl (C=O) groups is 1. The van der Waals surface area contributed by atoms with Crippen molar-refractivity contribution in [3.05, 3.63) is 102 Å². The third-order valence-corrected chi connectivity index (χ3v) is 7.06. The molecule has 0 bridgehead atoms. The van der Waals surface area contributed by atoms with Crippen LogP contribution < -0.4 is 10.1 Å². The van der Waals surface area contributed by atoms with Crippen LogP contribution in [-0.4, -0.2) is 50.1 Å². The lowest BCUT2D eigenvalue weighted by atomic mass is 10.0. The van der Waals surface area contributed by atoms with Crippen molar-refractivity contribution in [3.8, 4) is 22.8 Å². The second-order valence-corrected chi connectivity index (χ2v) is 9.92. The maximum Gasteiger partial charge on any atom is 0.257 e. The van der Waals surface area contributed by atoms with Crippen molar-refractivity contribution >= 4 is 22.5 Å². The molecule has 0 atom stereocenters. The maximum atomic E-state index is 13.8. The number of H-pyrrole nitrogens is 1. The zero-order valence-corrected chi connectivity index (χ0v) is 21.7. The molecule has 0 unspecified atom stereocenters. The van der Waals surface area contributed by atoms with Crippen molar-refractivity contribution < 1.29 is 19.0 Å². The van der Waals surface area contributed by atoms with Gasteiger partial charge >= 0.3 is 0 Å². The number of rotatable bonds is 7. The highest BCUT2D eigenvalue weighted by atomic mass is 19.1. The Hall–Kier alpha value is -4.60. The molecule has 1 aliphatic heterocycles. The van der Waals surface area contributed by atoms with Crippen LogP contribution in [0.1, 0.15) is 28.8 Å². The number of aromatic nitrogens is 3. The molecule has 3 aromatic heterocycles. The number of pyridine rings is 2. The van der Waals surface area contributed by atoms with E-state index in [1.165, 1.54) is 18.3 Å².